The summed E-state index contributed by atoms with van der Waals surface area (Å²) in [5, 5.41) is 19.8. The number of halogens is 1. The average Bonchev–Trinajstić information content (AvgIpc) is 2.76. The lowest BCUT2D eigenvalue weighted by molar-refractivity contribution is 0.102. The first-order valence-electron chi connectivity index (χ1n) is 4.23. The van der Waals surface area contributed by atoms with Crippen LogP contribution in [0, 0.1) is 0 Å². The second-order valence-corrected chi connectivity index (χ2v) is 4.13. The Kier molecular flexibility index (Phi) is 3.02. The van der Waals surface area contributed by atoms with Gasteiger partial charge in [0.05, 0.1) is 5.69 Å². The largest absolute Gasteiger partial charge is 0.506 e. The number of aromatic hydroxyl groups is 1. The Morgan fingerprint density at radius 3 is 3.00 bits per heavy atom. The van der Waals surface area contributed by atoms with Crippen LogP contribution in [0.2, 0.25) is 5.02 Å². The van der Waals surface area contributed by atoms with E-state index in [4.69, 9.17) is 11.6 Å². The second-order valence-electron chi connectivity index (χ2n) is 2.86. The van der Waals surface area contributed by atoms with Crippen LogP contribution in [0.4, 0.5) is 5.69 Å². The Bertz CT molecular complexity index is 515. The molecule has 0 radical (unpaired) electrons. The van der Waals surface area contributed by atoms with E-state index in [1.807, 2.05) is 0 Å². The summed E-state index contributed by atoms with van der Waals surface area (Å²) in [4.78, 5) is 11.6. The molecule has 0 aliphatic carbocycles. The van der Waals surface area contributed by atoms with Gasteiger partial charge in [0.1, 0.15) is 11.3 Å². The Hall–Kier alpha value is -1.66. The van der Waals surface area contributed by atoms with Gasteiger partial charge >= 0.3 is 0 Å². The van der Waals surface area contributed by atoms with Crippen molar-refractivity contribution in [3.8, 4) is 5.75 Å². The molecule has 0 atom stereocenters. The highest BCUT2D eigenvalue weighted by Gasteiger charge is 2.11. The molecule has 0 fully saturated rings. The van der Waals surface area contributed by atoms with Crippen molar-refractivity contribution in [1.29, 1.82) is 0 Å². The number of carbonyl (C=O) groups excluding carboxylic acids is 1. The molecule has 0 saturated heterocycles. The second kappa shape index (κ2) is 4.46. The van der Waals surface area contributed by atoms with Gasteiger partial charge in [-0.3, -0.25) is 4.79 Å². The van der Waals surface area contributed by atoms with Crippen molar-refractivity contribution in [2.45, 2.75) is 0 Å². The van der Waals surface area contributed by atoms with Gasteiger partial charge in [-0.25, -0.2) is 0 Å². The number of aromatic nitrogens is 2. The van der Waals surface area contributed by atoms with Gasteiger partial charge in [-0.1, -0.05) is 22.9 Å². The average molecular weight is 256 g/mol. The Morgan fingerprint density at radius 1 is 1.50 bits per heavy atom. The molecule has 0 saturated carbocycles. The number of carbonyl (C=O) groups is 1. The molecule has 0 unspecified atom stereocenters. The molecule has 2 aromatic rings. The Labute approximate surface area is 99.7 Å². The zero-order valence-corrected chi connectivity index (χ0v) is 9.42. The molecule has 0 aliphatic heterocycles. The lowest BCUT2D eigenvalue weighted by Crippen LogP contribution is -2.11. The number of phenolic OH excluding ortho intramolecular Hbond substituents is 1. The van der Waals surface area contributed by atoms with Crippen LogP contribution >= 0.6 is 22.9 Å². The summed E-state index contributed by atoms with van der Waals surface area (Å²) in [6.45, 7) is 0. The van der Waals surface area contributed by atoms with E-state index in [1.165, 1.54) is 23.7 Å². The predicted octanol–water partition coefficient (Wildman–Crippen LogP) is 2.15. The van der Waals surface area contributed by atoms with E-state index in [1.54, 1.807) is 0 Å². The van der Waals surface area contributed by atoms with Crippen LogP contribution in [-0.4, -0.2) is 21.2 Å². The molecule has 82 valence electrons. The molecule has 7 heteroatoms. The topological polar surface area (TPSA) is 75.1 Å². The first-order chi connectivity index (χ1) is 7.66. The number of amides is 1. The smallest absolute Gasteiger partial charge is 0.286 e. The third kappa shape index (κ3) is 2.29. The van der Waals surface area contributed by atoms with Crippen LogP contribution < -0.4 is 5.32 Å². The van der Waals surface area contributed by atoms with Crippen LogP contribution in [0.15, 0.2) is 23.7 Å². The van der Waals surface area contributed by atoms with Gasteiger partial charge in [-0.15, -0.1) is 10.2 Å². The lowest BCUT2D eigenvalue weighted by Gasteiger charge is -2.05. The minimum Gasteiger partial charge on any atom is -0.506 e. The van der Waals surface area contributed by atoms with Crippen LogP contribution in [-0.2, 0) is 0 Å². The minimum atomic E-state index is -0.430. The molecule has 1 aromatic carbocycles. The molecular weight excluding hydrogens is 250 g/mol. The molecule has 0 spiro atoms. The molecule has 1 amide bonds. The summed E-state index contributed by atoms with van der Waals surface area (Å²) in [6.07, 6.45) is 0. The normalized spacial score (nSPS) is 10.1. The van der Waals surface area contributed by atoms with E-state index in [9.17, 15) is 9.90 Å². The van der Waals surface area contributed by atoms with Crippen molar-refractivity contribution >= 4 is 34.5 Å². The quantitative estimate of drug-likeness (QED) is 0.807. The molecule has 2 rings (SSSR count). The zero-order valence-electron chi connectivity index (χ0n) is 7.85. The fourth-order valence-electron chi connectivity index (χ4n) is 1.06. The van der Waals surface area contributed by atoms with E-state index in [0.717, 1.165) is 11.3 Å². The summed E-state index contributed by atoms with van der Waals surface area (Å²) in [7, 11) is 0. The van der Waals surface area contributed by atoms with E-state index in [0.29, 0.717) is 5.02 Å². The summed E-state index contributed by atoms with van der Waals surface area (Å²) in [5.74, 6) is -0.484. The fourth-order valence-corrected chi connectivity index (χ4v) is 1.67. The minimum absolute atomic E-state index is 0.0535. The van der Waals surface area contributed by atoms with Crippen molar-refractivity contribution in [2.24, 2.45) is 0 Å². The monoisotopic (exact) mass is 255 g/mol. The summed E-state index contributed by atoms with van der Waals surface area (Å²) >= 11 is 6.85. The van der Waals surface area contributed by atoms with Gasteiger partial charge in [0.25, 0.3) is 5.91 Å². The van der Waals surface area contributed by atoms with Gasteiger partial charge < -0.3 is 10.4 Å². The maximum atomic E-state index is 11.6. The molecular formula is C9H6ClN3O2S. The number of rotatable bonds is 2. The molecule has 16 heavy (non-hydrogen) atoms. The lowest BCUT2D eigenvalue weighted by atomic mass is 10.3. The van der Waals surface area contributed by atoms with Crippen molar-refractivity contribution < 1.29 is 9.90 Å². The summed E-state index contributed by atoms with van der Waals surface area (Å²) < 4.78 is 0. The van der Waals surface area contributed by atoms with E-state index in [-0.39, 0.29) is 16.4 Å². The number of phenols is 1. The van der Waals surface area contributed by atoms with Crippen molar-refractivity contribution in [1.82, 2.24) is 10.2 Å². The van der Waals surface area contributed by atoms with E-state index in [2.05, 4.69) is 15.5 Å². The van der Waals surface area contributed by atoms with Crippen molar-refractivity contribution in [3.05, 3.63) is 33.7 Å². The molecule has 0 aliphatic rings. The Balaban J connectivity index is 2.21. The van der Waals surface area contributed by atoms with Gasteiger partial charge in [0.15, 0.2) is 0 Å². The first-order valence-corrected chi connectivity index (χ1v) is 5.48. The predicted molar refractivity (Wildman–Crippen MR) is 61.0 cm³/mol. The molecule has 1 aromatic heterocycles. The SMILES string of the molecule is O=C(Nc1cc(Cl)ccc1O)c1nncs1. The van der Waals surface area contributed by atoms with E-state index >= 15 is 0 Å². The summed E-state index contributed by atoms with van der Waals surface area (Å²) in [5.41, 5.74) is 1.69. The molecule has 0 bridgehead atoms. The maximum absolute atomic E-state index is 11.6. The van der Waals surface area contributed by atoms with Gasteiger partial charge in [0.2, 0.25) is 5.01 Å². The molecule has 5 nitrogen and oxygen atoms in total. The van der Waals surface area contributed by atoms with Gasteiger partial charge in [-0.05, 0) is 18.2 Å². The third-order valence-electron chi connectivity index (χ3n) is 1.76. The maximum Gasteiger partial charge on any atom is 0.286 e. The number of hydrogen-bond donors (Lipinski definition) is 2. The third-order valence-corrected chi connectivity index (χ3v) is 2.69. The first kappa shape index (κ1) is 10.8. The molecule has 1 heterocycles. The van der Waals surface area contributed by atoms with Gasteiger partial charge in [0, 0.05) is 5.02 Å². The van der Waals surface area contributed by atoms with Crippen molar-refractivity contribution in [2.75, 3.05) is 5.32 Å². The number of nitrogens with one attached hydrogen (secondary N) is 1. The standard InChI is InChI=1S/C9H6ClN3O2S/c10-5-1-2-7(14)6(3-5)12-8(15)9-13-11-4-16-9/h1-4,14H,(H,12,15). The van der Waals surface area contributed by atoms with E-state index < -0.39 is 5.91 Å². The zero-order chi connectivity index (χ0) is 11.5. The number of hydrogen-bond acceptors (Lipinski definition) is 5. The highest BCUT2D eigenvalue weighted by atomic mass is 35.5. The molecule has 2 N–H and O–H groups in total. The number of anilines is 1. The number of nitrogens with zero attached hydrogens (tertiary/aromatic N) is 2. The fraction of sp³-hybridized carbons (Fsp3) is 0. The van der Waals surface area contributed by atoms with Crippen LogP contribution in [0.1, 0.15) is 9.80 Å². The highest BCUT2D eigenvalue weighted by Crippen LogP contribution is 2.26. The van der Waals surface area contributed by atoms with Crippen LogP contribution in [0.3, 0.4) is 0 Å². The highest BCUT2D eigenvalue weighted by molar-refractivity contribution is 7.11. The summed E-state index contributed by atoms with van der Waals surface area (Å²) in [6, 6.07) is 4.38. The van der Waals surface area contributed by atoms with Crippen LogP contribution in [0.5, 0.6) is 5.75 Å². The number of benzene rings is 1. The van der Waals surface area contributed by atoms with Crippen LogP contribution in [0.25, 0.3) is 0 Å². The van der Waals surface area contributed by atoms with Gasteiger partial charge in [-0.2, -0.15) is 0 Å². The van der Waals surface area contributed by atoms with Crippen molar-refractivity contribution in [3.63, 3.8) is 0 Å². The Morgan fingerprint density at radius 2 is 2.31 bits per heavy atom.